The molecule has 0 saturated carbocycles. The highest BCUT2D eigenvalue weighted by molar-refractivity contribution is 6.13. The summed E-state index contributed by atoms with van der Waals surface area (Å²) in [6.07, 6.45) is 5.43. The number of aromatic nitrogens is 4. The Morgan fingerprint density at radius 2 is 2.00 bits per heavy atom. The molecule has 0 saturated heterocycles. The number of ether oxygens (including phenoxy) is 1. The molecule has 2 heterocycles. The number of nitrogens with zero attached hydrogens (tertiary/aromatic N) is 4. The van der Waals surface area contributed by atoms with E-state index < -0.39 is 11.8 Å². The van der Waals surface area contributed by atoms with Gasteiger partial charge in [-0.1, -0.05) is 12.0 Å². The van der Waals surface area contributed by atoms with Crippen LogP contribution >= 0.6 is 0 Å². The van der Waals surface area contributed by atoms with Gasteiger partial charge < -0.3 is 4.74 Å². The van der Waals surface area contributed by atoms with Gasteiger partial charge in [0.15, 0.2) is 0 Å². The Morgan fingerprint density at radius 1 is 1.19 bits per heavy atom. The van der Waals surface area contributed by atoms with Gasteiger partial charge in [0.25, 0.3) is 0 Å². The van der Waals surface area contributed by atoms with E-state index >= 15 is 0 Å². The van der Waals surface area contributed by atoms with Gasteiger partial charge in [0.1, 0.15) is 22.5 Å². The van der Waals surface area contributed by atoms with E-state index in [-0.39, 0.29) is 5.56 Å². The molecule has 0 aliphatic carbocycles. The van der Waals surface area contributed by atoms with E-state index in [4.69, 9.17) is 11.2 Å². The Morgan fingerprint density at radius 3 is 2.73 bits per heavy atom. The van der Waals surface area contributed by atoms with Crippen LogP contribution in [0, 0.1) is 18.2 Å². The standard InChI is InChI=1S/C19H11FN4O2/c1-3-12-10-14(19(25)26-2)17-15(21-12)7-8-16-18(17)23-24(22-16)13-6-4-5-11(20)9-13/h1,4-10H,2H3. The van der Waals surface area contributed by atoms with Crippen molar-refractivity contribution in [3.8, 4) is 18.0 Å². The highest BCUT2D eigenvalue weighted by Gasteiger charge is 2.18. The van der Waals surface area contributed by atoms with Crippen LogP contribution in [0.2, 0.25) is 0 Å². The number of hydrogen-bond donors (Lipinski definition) is 0. The lowest BCUT2D eigenvalue weighted by Gasteiger charge is -2.05. The van der Waals surface area contributed by atoms with E-state index in [1.54, 1.807) is 24.3 Å². The zero-order valence-corrected chi connectivity index (χ0v) is 13.6. The van der Waals surface area contributed by atoms with Crippen molar-refractivity contribution in [3.63, 3.8) is 0 Å². The van der Waals surface area contributed by atoms with Crippen molar-refractivity contribution >= 4 is 27.9 Å². The van der Waals surface area contributed by atoms with Crippen molar-refractivity contribution in [2.75, 3.05) is 7.11 Å². The minimum absolute atomic E-state index is 0.252. The Kier molecular flexibility index (Phi) is 3.59. The predicted molar refractivity (Wildman–Crippen MR) is 93.4 cm³/mol. The van der Waals surface area contributed by atoms with Gasteiger partial charge in [0.05, 0.1) is 23.9 Å². The first-order valence-corrected chi connectivity index (χ1v) is 7.62. The highest BCUT2D eigenvalue weighted by Crippen LogP contribution is 2.27. The van der Waals surface area contributed by atoms with E-state index in [2.05, 4.69) is 21.1 Å². The quantitative estimate of drug-likeness (QED) is 0.412. The second-order valence-corrected chi connectivity index (χ2v) is 5.49. The number of esters is 1. The van der Waals surface area contributed by atoms with Crippen molar-refractivity contribution in [2.45, 2.75) is 0 Å². The lowest BCUT2D eigenvalue weighted by molar-refractivity contribution is 0.0603. The number of carbonyl (C=O) groups excluding carboxylic acids is 1. The molecule has 0 aliphatic heterocycles. The van der Waals surface area contributed by atoms with Gasteiger partial charge >= 0.3 is 5.97 Å². The van der Waals surface area contributed by atoms with E-state index in [1.807, 2.05) is 0 Å². The molecule has 7 heteroatoms. The minimum Gasteiger partial charge on any atom is -0.465 e. The number of halogens is 1. The van der Waals surface area contributed by atoms with Crippen LogP contribution in [0.25, 0.3) is 27.6 Å². The number of pyridine rings is 1. The van der Waals surface area contributed by atoms with Crippen molar-refractivity contribution in [1.29, 1.82) is 0 Å². The number of rotatable bonds is 2. The predicted octanol–water partition coefficient (Wildman–Crippen LogP) is 2.88. The Hall–Kier alpha value is -3.79. The summed E-state index contributed by atoms with van der Waals surface area (Å²) in [6, 6.07) is 10.8. The number of benzene rings is 2. The third-order valence-corrected chi connectivity index (χ3v) is 3.92. The third kappa shape index (κ3) is 2.45. The van der Waals surface area contributed by atoms with Crippen LogP contribution in [0.1, 0.15) is 16.1 Å². The molecule has 126 valence electrons. The Balaban J connectivity index is 2.05. The fourth-order valence-electron chi connectivity index (χ4n) is 2.76. The van der Waals surface area contributed by atoms with Crippen molar-refractivity contribution < 1.29 is 13.9 Å². The Labute approximate surface area is 147 Å². The average molecular weight is 346 g/mol. The molecule has 2 aromatic carbocycles. The summed E-state index contributed by atoms with van der Waals surface area (Å²) < 4.78 is 18.4. The van der Waals surface area contributed by atoms with Crippen LogP contribution in [0.4, 0.5) is 4.39 Å². The number of fused-ring (bicyclic) bond motifs is 3. The molecular weight excluding hydrogens is 335 g/mol. The molecule has 0 unspecified atom stereocenters. The first-order valence-electron chi connectivity index (χ1n) is 7.62. The van der Waals surface area contributed by atoms with Crippen molar-refractivity contribution in [1.82, 2.24) is 20.0 Å². The molecule has 0 fully saturated rings. The summed E-state index contributed by atoms with van der Waals surface area (Å²) in [4.78, 5) is 17.9. The minimum atomic E-state index is -0.554. The molecule has 0 bridgehead atoms. The number of terminal acetylenes is 1. The first kappa shape index (κ1) is 15.7. The van der Waals surface area contributed by atoms with Gasteiger partial charge in [-0.2, -0.15) is 4.80 Å². The van der Waals surface area contributed by atoms with Crippen LogP contribution in [0.3, 0.4) is 0 Å². The second-order valence-electron chi connectivity index (χ2n) is 5.49. The summed E-state index contributed by atoms with van der Waals surface area (Å²) in [5, 5.41) is 9.27. The molecule has 0 aliphatic rings. The number of carbonyl (C=O) groups is 1. The lowest BCUT2D eigenvalue weighted by Crippen LogP contribution is -2.04. The molecule has 0 amide bonds. The second kappa shape index (κ2) is 5.93. The maximum absolute atomic E-state index is 13.5. The SMILES string of the molecule is C#Cc1cc(C(=O)OC)c2c(ccc3nn(-c4cccc(F)c4)nc32)n1. The molecule has 4 rings (SSSR count). The summed E-state index contributed by atoms with van der Waals surface area (Å²) in [6.45, 7) is 0. The monoisotopic (exact) mass is 346 g/mol. The van der Waals surface area contributed by atoms with E-state index in [9.17, 15) is 9.18 Å². The zero-order chi connectivity index (χ0) is 18.3. The lowest BCUT2D eigenvalue weighted by atomic mass is 10.1. The summed E-state index contributed by atoms with van der Waals surface area (Å²) in [7, 11) is 1.29. The smallest absolute Gasteiger partial charge is 0.338 e. The van der Waals surface area contributed by atoms with E-state index in [0.29, 0.717) is 33.3 Å². The highest BCUT2D eigenvalue weighted by atomic mass is 19.1. The third-order valence-electron chi connectivity index (χ3n) is 3.92. The molecular formula is C19H11FN4O2. The van der Waals surface area contributed by atoms with Gasteiger partial charge in [-0.3, -0.25) is 0 Å². The first-order chi connectivity index (χ1) is 12.6. The van der Waals surface area contributed by atoms with Gasteiger partial charge in [-0.15, -0.1) is 16.6 Å². The molecule has 4 aromatic rings. The topological polar surface area (TPSA) is 69.9 Å². The fourth-order valence-corrected chi connectivity index (χ4v) is 2.76. The maximum atomic E-state index is 13.5. The van der Waals surface area contributed by atoms with Gasteiger partial charge in [0.2, 0.25) is 0 Å². The fraction of sp³-hybridized carbons (Fsp3) is 0.0526. The largest absolute Gasteiger partial charge is 0.465 e. The summed E-state index contributed by atoms with van der Waals surface area (Å²) in [5.74, 6) is 1.47. The molecule has 0 atom stereocenters. The molecule has 26 heavy (non-hydrogen) atoms. The number of methoxy groups -OCH3 is 1. The van der Waals surface area contributed by atoms with Crippen LogP contribution in [-0.2, 0) is 4.74 Å². The Bertz CT molecular complexity index is 1220. The van der Waals surface area contributed by atoms with Gasteiger partial charge in [-0.25, -0.2) is 14.2 Å². The van der Waals surface area contributed by atoms with E-state index in [1.165, 1.54) is 30.1 Å². The molecule has 6 nitrogen and oxygen atoms in total. The van der Waals surface area contributed by atoms with Crippen LogP contribution in [0.15, 0.2) is 42.5 Å². The molecule has 0 radical (unpaired) electrons. The molecule has 0 spiro atoms. The van der Waals surface area contributed by atoms with Gasteiger partial charge in [0, 0.05) is 11.5 Å². The van der Waals surface area contributed by atoms with Gasteiger partial charge in [-0.05, 0) is 30.3 Å². The van der Waals surface area contributed by atoms with E-state index in [0.717, 1.165) is 0 Å². The summed E-state index contributed by atoms with van der Waals surface area (Å²) in [5.41, 5.74) is 2.50. The maximum Gasteiger partial charge on any atom is 0.338 e. The van der Waals surface area contributed by atoms with Crippen LogP contribution in [0.5, 0.6) is 0 Å². The molecule has 0 N–H and O–H groups in total. The zero-order valence-electron chi connectivity index (χ0n) is 13.6. The van der Waals surface area contributed by atoms with Crippen LogP contribution < -0.4 is 0 Å². The average Bonchev–Trinajstić information content (AvgIpc) is 3.10. The van der Waals surface area contributed by atoms with Crippen LogP contribution in [-0.4, -0.2) is 33.1 Å². The molecule has 2 aromatic heterocycles. The number of hydrogen-bond acceptors (Lipinski definition) is 5. The van der Waals surface area contributed by atoms with Crippen molar-refractivity contribution in [3.05, 3.63) is 59.5 Å². The normalized spacial score (nSPS) is 10.8. The van der Waals surface area contributed by atoms with Crippen molar-refractivity contribution in [2.24, 2.45) is 0 Å². The summed E-state index contributed by atoms with van der Waals surface area (Å²) >= 11 is 0.